The van der Waals surface area contributed by atoms with Crippen molar-refractivity contribution in [3.63, 3.8) is 0 Å². The van der Waals surface area contributed by atoms with E-state index >= 15 is 0 Å². The quantitative estimate of drug-likeness (QED) is 0.528. The minimum Gasteiger partial charge on any atom is -0.0738 e. The molecule has 0 radical (unpaired) electrons. The second-order valence-electron chi connectivity index (χ2n) is 4.05. The van der Waals surface area contributed by atoms with Gasteiger partial charge >= 0.3 is 0 Å². The van der Waals surface area contributed by atoms with Crippen LogP contribution in [0.4, 0.5) is 0 Å². The van der Waals surface area contributed by atoms with Crippen LogP contribution in [0.2, 0.25) is 0 Å². The van der Waals surface area contributed by atoms with Gasteiger partial charge in [-0.3, -0.25) is 0 Å². The summed E-state index contributed by atoms with van der Waals surface area (Å²) in [5, 5.41) is 0. The average Bonchev–Trinajstić information content (AvgIpc) is 2.30. The highest BCUT2D eigenvalue weighted by atomic mass is 14.3. The topological polar surface area (TPSA) is 0 Å². The van der Waals surface area contributed by atoms with Crippen molar-refractivity contribution in [1.82, 2.24) is 0 Å². The van der Waals surface area contributed by atoms with E-state index in [1.54, 1.807) is 11.1 Å². The Bertz CT molecular complexity index is 163. The molecular formula is C11H20. The summed E-state index contributed by atoms with van der Waals surface area (Å²) < 4.78 is 0. The van der Waals surface area contributed by atoms with E-state index in [9.17, 15) is 0 Å². The zero-order valence-electron chi connectivity index (χ0n) is 8.28. The van der Waals surface area contributed by atoms with Crippen molar-refractivity contribution >= 4 is 0 Å². The number of hydrogen-bond donors (Lipinski definition) is 0. The van der Waals surface area contributed by atoms with Crippen molar-refractivity contribution in [2.24, 2.45) is 11.8 Å². The highest BCUT2D eigenvalue weighted by Crippen LogP contribution is 2.37. The maximum Gasteiger partial charge on any atom is -0.0175 e. The van der Waals surface area contributed by atoms with Crippen molar-refractivity contribution in [1.29, 1.82) is 0 Å². The van der Waals surface area contributed by atoms with Crippen LogP contribution in [-0.2, 0) is 0 Å². The molecule has 0 fully saturated rings. The van der Waals surface area contributed by atoms with Crippen LogP contribution in [0.25, 0.3) is 0 Å². The van der Waals surface area contributed by atoms with Gasteiger partial charge in [0, 0.05) is 0 Å². The Morgan fingerprint density at radius 3 is 2.45 bits per heavy atom. The summed E-state index contributed by atoms with van der Waals surface area (Å²) in [7, 11) is 0. The number of allylic oxidation sites excluding steroid dienone is 2. The molecule has 0 aromatic heterocycles. The monoisotopic (exact) mass is 152 g/mol. The first-order valence-corrected chi connectivity index (χ1v) is 4.85. The van der Waals surface area contributed by atoms with Crippen LogP contribution in [0, 0.1) is 11.8 Å². The minimum absolute atomic E-state index is 0.849. The molecule has 0 heterocycles. The van der Waals surface area contributed by atoms with Gasteiger partial charge in [0.15, 0.2) is 0 Å². The molecule has 1 rings (SSSR count). The molecule has 0 nitrogen and oxygen atoms in total. The van der Waals surface area contributed by atoms with E-state index in [4.69, 9.17) is 0 Å². The molecule has 0 saturated carbocycles. The van der Waals surface area contributed by atoms with Gasteiger partial charge in [0.05, 0.1) is 0 Å². The molecule has 0 aliphatic heterocycles. The molecule has 0 saturated heterocycles. The smallest absolute Gasteiger partial charge is 0.0175 e. The lowest BCUT2D eigenvalue weighted by Crippen LogP contribution is -2.07. The fourth-order valence-electron chi connectivity index (χ4n) is 2.32. The maximum absolute atomic E-state index is 2.35. The van der Waals surface area contributed by atoms with E-state index in [0.717, 1.165) is 11.8 Å². The van der Waals surface area contributed by atoms with E-state index < -0.39 is 0 Å². The van der Waals surface area contributed by atoms with E-state index in [1.807, 2.05) is 0 Å². The molecule has 11 heavy (non-hydrogen) atoms. The standard InChI is InChI=1S/C11H20/c1-5-10-9(4)6-7-11(10)8(2)3/h8,11H,5-7H2,1-4H3. The second-order valence-corrected chi connectivity index (χ2v) is 4.05. The first-order valence-electron chi connectivity index (χ1n) is 4.85. The molecule has 0 aromatic rings. The van der Waals surface area contributed by atoms with Gasteiger partial charge in [-0.25, -0.2) is 0 Å². The van der Waals surface area contributed by atoms with Gasteiger partial charge in [0.2, 0.25) is 0 Å². The SMILES string of the molecule is CCC1=C(C)CCC1C(C)C. The van der Waals surface area contributed by atoms with Crippen molar-refractivity contribution in [2.45, 2.75) is 47.0 Å². The summed E-state index contributed by atoms with van der Waals surface area (Å²) in [5.74, 6) is 1.75. The predicted octanol–water partition coefficient (Wildman–Crippen LogP) is 3.78. The molecule has 1 unspecified atom stereocenters. The summed E-state index contributed by atoms with van der Waals surface area (Å²) >= 11 is 0. The Hall–Kier alpha value is -0.260. The highest BCUT2D eigenvalue weighted by Gasteiger charge is 2.23. The van der Waals surface area contributed by atoms with Crippen molar-refractivity contribution in [3.8, 4) is 0 Å². The molecule has 1 atom stereocenters. The maximum atomic E-state index is 2.35. The number of hydrogen-bond acceptors (Lipinski definition) is 0. The van der Waals surface area contributed by atoms with E-state index in [-0.39, 0.29) is 0 Å². The second kappa shape index (κ2) is 3.42. The molecule has 0 spiro atoms. The molecule has 0 bridgehead atoms. The third-order valence-corrected chi connectivity index (χ3v) is 3.01. The van der Waals surface area contributed by atoms with Gasteiger partial charge in [0.1, 0.15) is 0 Å². The van der Waals surface area contributed by atoms with Crippen LogP contribution < -0.4 is 0 Å². The van der Waals surface area contributed by atoms with Gasteiger partial charge in [-0.15, -0.1) is 0 Å². The summed E-state index contributed by atoms with van der Waals surface area (Å²) in [5.41, 5.74) is 3.42. The fraction of sp³-hybridized carbons (Fsp3) is 0.818. The largest absolute Gasteiger partial charge is 0.0738 e. The van der Waals surface area contributed by atoms with Crippen LogP contribution in [0.15, 0.2) is 11.1 Å². The molecule has 1 aliphatic carbocycles. The number of rotatable bonds is 2. The molecule has 0 N–H and O–H groups in total. The third-order valence-electron chi connectivity index (χ3n) is 3.01. The van der Waals surface area contributed by atoms with Crippen LogP contribution in [0.3, 0.4) is 0 Å². The first kappa shape index (κ1) is 8.83. The molecular weight excluding hydrogens is 132 g/mol. The summed E-state index contributed by atoms with van der Waals surface area (Å²) in [4.78, 5) is 0. The normalized spacial score (nSPS) is 25.4. The van der Waals surface area contributed by atoms with E-state index in [1.165, 1.54) is 19.3 Å². The molecule has 0 amide bonds. The summed E-state index contributed by atoms with van der Waals surface area (Å²) in [6, 6.07) is 0. The zero-order chi connectivity index (χ0) is 8.43. The van der Waals surface area contributed by atoms with Gasteiger partial charge in [-0.1, -0.05) is 31.9 Å². The fourth-order valence-corrected chi connectivity index (χ4v) is 2.32. The summed E-state index contributed by atoms with van der Waals surface area (Å²) in [6.07, 6.45) is 4.04. The molecule has 0 heteroatoms. The highest BCUT2D eigenvalue weighted by molar-refractivity contribution is 5.21. The average molecular weight is 152 g/mol. The Labute approximate surface area is 70.7 Å². The Balaban J connectivity index is 2.72. The Morgan fingerprint density at radius 2 is 2.09 bits per heavy atom. The van der Waals surface area contributed by atoms with Crippen LogP contribution in [0.5, 0.6) is 0 Å². The zero-order valence-corrected chi connectivity index (χ0v) is 8.28. The molecule has 1 aliphatic rings. The predicted molar refractivity (Wildman–Crippen MR) is 50.6 cm³/mol. The first-order chi connectivity index (χ1) is 5.16. The van der Waals surface area contributed by atoms with E-state index in [2.05, 4.69) is 27.7 Å². The van der Waals surface area contributed by atoms with Crippen LogP contribution in [-0.4, -0.2) is 0 Å². The van der Waals surface area contributed by atoms with Gasteiger partial charge in [-0.05, 0) is 38.0 Å². The van der Waals surface area contributed by atoms with Gasteiger partial charge < -0.3 is 0 Å². The van der Waals surface area contributed by atoms with Gasteiger partial charge in [-0.2, -0.15) is 0 Å². The lowest BCUT2D eigenvalue weighted by molar-refractivity contribution is 0.432. The van der Waals surface area contributed by atoms with Crippen molar-refractivity contribution < 1.29 is 0 Å². The minimum atomic E-state index is 0.849. The lowest BCUT2D eigenvalue weighted by atomic mass is 9.88. The van der Waals surface area contributed by atoms with Crippen molar-refractivity contribution in [2.75, 3.05) is 0 Å². The van der Waals surface area contributed by atoms with Crippen molar-refractivity contribution in [3.05, 3.63) is 11.1 Å². The summed E-state index contributed by atoms with van der Waals surface area (Å²) in [6.45, 7) is 9.29. The van der Waals surface area contributed by atoms with Gasteiger partial charge in [0.25, 0.3) is 0 Å². The Kier molecular flexibility index (Phi) is 2.75. The van der Waals surface area contributed by atoms with Crippen LogP contribution in [0.1, 0.15) is 47.0 Å². The Morgan fingerprint density at radius 1 is 1.45 bits per heavy atom. The molecule has 64 valence electrons. The van der Waals surface area contributed by atoms with Crippen LogP contribution >= 0.6 is 0 Å². The van der Waals surface area contributed by atoms with E-state index in [0.29, 0.717) is 0 Å². The molecule has 0 aromatic carbocycles. The lowest BCUT2D eigenvalue weighted by Gasteiger charge is -2.17. The third kappa shape index (κ3) is 1.66.